The highest BCUT2D eigenvalue weighted by atomic mass is 16.3. The number of hydrogen-bond acceptors (Lipinski definition) is 7. The van der Waals surface area contributed by atoms with Crippen molar-refractivity contribution in [2.75, 3.05) is 11.9 Å². The first-order chi connectivity index (χ1) is 18.0. The maximum atomic E-state index is 13.6. The number of rotatable bonds is 9. The Labute approximate surface area is 214 Å². The summed E-state index contributed by atoms with van der Waals surface area (Å²) in [6, 6.07) is 14.7. The number of benzene rings is 1. The van der Waals surface area contributed by atoms with E-state index in [1.165, 1.54) is 0 Å². The molecule has 10 heteroatoms. The minimum atomic E-state index is -0.356. The molecule has 188 valence electrons. The molecule has 0 saturated carbocycles. The van der Waals surface area contributed by atoms with E-state index in [-0.39, 0.29) is 18.6 Å². The maximum absolute atomic E-state index is 13.6. The van der Waals surface area contributed by atoms with Gasteiger partial charge in [0.2, 0.25) is 5.95 Å². The Bertz CT molecular complexity index is 1500. The third kappa shape index (κ3) is 5.19. The number of nitrogens with one attached hydrogen (secondary N) is 2. The largest absolute Gasteiger partial charge is 0.394 e. The van der Waals surface area contributed by atoms with E-state index in [9.17, 15) is 9.90 Å². The van der Waals surface area contributed by atoms with Crippen molar-refractivity contribution in [2.24, 2.45) is 5.92 Å². The number of amides is 1. The van der Waals surface area contributed by atoms with E-state index in [0.717, 1.165) is 5.56 Å². The highest BCUT2D eigenvalue weighted by molar-refractivity contribution is 6.00. The Morgan fingerprint density at radius 3 is 2.59 bits per heavy atom. The van der Waals surface area contributed by atoms with Crippen molar-refractivity contribution in [2.45, 2.75) is 26.3 Å². The Morgan fingerprint density at radius 2 is 1.86 bits per heavy atom. The molecule has 0 unspecified atom stereocenters. The number of imidazole rings is 2. The lowest BCUT2D eigenvalue weighted by Gasteiger charge is -2.18. The molecule has 1 aromatic carbocycles. The van der Waals surface area contributed by atoms with Crippen LogP contribution in [0.25, 0.3) is 22.9 Å². The first-order valence-corrected chi connectivity index (χ1v) is 12.1. The van der Waals surface area contributed by atoms with Crippen LogP contribution in [0.1, 0.15) is 30.8 Å². The van der Waals surface area contributed by atoms with Crippen molar-refractivity contribution in [1.82, 2.24) is 34.2 Å². The molecular weight excluding hydrogens is 468 g/mol. The summed E-state index contributed by atoms with van der Waals surface area (Å²) in [5, 5.41) is 16.2. The highest BCUT2D eigenvalue weighted by Crippen LogP contribution is 2.29. The SMILES string of the molecule is CC(C)C[C@@H](CO)NC(=O)c1c(-c2ccccc2)nc2c(Nc3ccnc(-n4ccnc4)n3)cccn12. The van der Waals surface area contributed by atoms with Crippen LogP contribution in [0, 0.1) is 5.92 Å². The molecule has 4 aromatic heterocycles. The fourth-order valence-corrected chi connectivity index (χ4v) is 4.24. The van der Waals surface area contributed by atoms with Gasteiger partial charge >= 0.3 is 0 Å². The molecule has 5 aromatic rings. The Kier molecular flexibility index (Phi) is 6.91. The fraction of sp³-hybridized carbons (Fsp3) is 0.222. The summed E-state index contributed by atoms with van der Waals surface area (Å²) in [4.78, 5) is 31.4. The molecule has 0 spiro atoms. The average Bonchev–Trinajstić information content (AvgIpc) is 3.58. The average molecular weight is 497 g/mol. The molecular formula is C27H28N8O2. The van der Waals surface area contributed by atoms with E-state index in [4.69, 9.17) is 4.98 Å². The smallest absolute Gasteiger partial charge is 0.270 e. The number of anilines is 2. The molecule has 10 nitrogen and oxygen atoms in total. The maximum Gasteiger partial charge on any atom is 0.270 e. The summed E-state index contributed by atoms with van der Waals surface area (Å²) in [6.45, 7) is 3.98. The quantitative estimate of drug-likeness (QED) is 0.283. The van der Waals surface area contributed by atoms with E-state index in [2.05, 4.69) is 39.4 Å². The van der Waals surface area contributed by atoms with Crippen LogP contribution in [0.3, 0.4) is 0 Å². The van der Waals surface area contributed by atoms with Crippen molar-refractivity contribution in [3.63, 3.8) is 0 Å². The molecule has 1 atom stereocenters. The molecule has 0 aliphatic carbocycles. The van der Waals surface area contributed by atoms with E-state index < -0.39 is 0 Å². The first kappa shape index (κ1) is 24.1. The summed E-state index contributed by atoms with van der Waals surface area (Å²) >= 11 is 0. The predicted molar refractivity (Wildman–Crippen MR) is 141 cm³/mol. The van der Waals surface area contributed by atoms with Crippen LogP contribution in [0.5, 0.6) is 0 Å². The monoisotopic (exact) mass is 496 g/mol. The number of aliphatic hydroxyl groups is 1. The third-order valence-electron chi connectivity index (χ3n) is 5.86. The zero-order valence-corrected chi connectivity index (χ0v) is 20.6. The first-order valence-electron chi connectivity index (χ1n) is 12.1. The topological polar surface area (TPSA) is 122 Å². The number of pyridine rings is 1. The predicted octanol–water partition coefficient (Wildman–Crippen LogP) is 3.86. The molecule has 0 radical (unpaired) electrons. The third-order valence-corrected chi connectivity index (χ3v) is 5.86. The molecule has 0 saturated heterocycles. The summed E-state index contributed by atoms with van der Waals surface area (Å²) < 4.78 is 3.48. The van der Waals surface area contributed by atoms with Gasteiger partial charge in [0.25, 0.3) is 5.91 Å². The van der Waals surface area contributed by atoms with Gasteiger partial charge < -0.3 is 15.7 Å². The second kappa shape index (κ2) is 10.6. The van der Waals surface area contributed by atoms with Gasteiger partial charge in [-0.15, -0.1) is 0 Å². The van der Waals surface area contributed by atoms with Crippen molar-refractivity contribution in [3.8, 4) is 17.2 Å². The molecule has 0 aliphatic rings. The van der Waals surface area contributed by atoms with Crippen LogP contribution >= 0.6 is 0 Å². The molecule has 37 heavy (non-hydrogen) atoms. The van der Waals surface area contributed by atoms with Gasteiger partial charge in [-0.05, 0) is 30.5 Å². The van der Waals surface area contributed by atoms with E-state index in [0.29, 0.717) is 46.8 Å². The second-order valence-corrected chi connectivity index (χ2v) is 9.11. The molecule has 5 rings (SSSR count). The zero-order valence-electron chi connectivity index (χ0n) is 20.6. The Balaban J connectivity index is 1.56. The lowest BCUT2D eigenvalue weighted by atomic mass is 10.0. The summed E-state index contributed by atoms with van der Waals surface area (Å²) in [5.41, 5.74) is 3.01. The molecule has 1 amide bonds. The number of fused-ring (bicyclic) bond motifs is 1. The van der Waals surface area contributed by atoms with Crippen LogP contribution in [0.2, 0.25) is 0 Å². The molecule has 0 fully saturated rings. The van der Waals surface area contributed by atoms with Gasteiger partial charge in [-0.25, -0.2) is 15.0 Å². The van der Waals surface area contributed by atoms with Gasteiger partial charge in [-0.1, -0.05) is 44.2 Å². The van der Waals surface area contributed by atoms with Gasteiger partial charge in [-0.3, -0.25) is 13.8 Å². The lowest BCUT2D eigenvalue weighted by Crippen LogP contribution is -2.39. The number of aliphatic hydroxyl groups excluding tert-OH is 1. The van der Waals surface area contributed by atoms with E-state index in [1.807, 2.05) is 48.7 Å². The van der Waals surface area contributed by atoms with Gasteiger partial charge in [-0.2, -0.15) is 4.98 Å². The summed E-state index contributed by atoms with van der Waals surface area (Å²) in [5.74, 6) is 1.07. The number of aromatic nitrogens is 6. The van der Waals surface area contributed by atoms with Crippen LogP contribution in [-0.2, 0) is 0 Å². The van der Waals surface area contributed by atoms with Gasteiger partial charge in [0.05, 0.1) is 18.3 Å². The molecule has 0 bridgehead atoms. The van der Waals surface area contributed by atoms with Crippen molar-refractivity contribution in [3.05, 3.63) is 85.3 Å². The minimum absolute atomic E-state index is 0.138. The normalized spacial score (nSPS) is 12.1. The van der Waals surface area contributed by atoms with Gasteiger partial charge in [0.1, 0.15) is 23.5 Å². The summed E-state index contributed by atoms with van der Waals surface area (Å²) in [6.07, 6.45) is 9.19. The fourth-order valence-electron chi connectivity index (χ4n) is 4.24. The number of carbonyl (C=O) groups excluding carboxylic acids is 1. The van der Waals surface area contributed by atoms with Crippen LogP contribution in [-0.4, -0.2) is 52.6 Å². The van der Waals surface area contributed by atoms with Gasteiger partial charge in [0, 0.05) is 30.4 Å². The van der Waals surface area contributed by atoms with Gasteiger partial charge in [0.15, 0.2) is 5.65 Å². The lowest BCUT2D eigenvalue weighted by molar-refractivity contribution is 0.0903. The highest BCUT2D eigenvalue weighted by Gasteiger charge is 2.24. The van der Waals surface area contributed by atoms with E-state index in [1.54, 1.807) is 40.0 Å². The van der Waals surface area contributed by atoms with Crippen LogP contribution in [0.15, 0.2) is 79.6 Å². The standard InChI is InChI=1S/C27H28N8O2/c1-18(2)15-20(16-36)30-26(37)24-23(19-7-4-3-5-8-19)33-25-21(9-6-13-35(24)25)31-22-10-11-29-27(32-22)34-14-12-28-17-34/h3-14,17-18,20,36H,15-16H2,1-2H3,(H,30,37)(H,29,31,32)/t20-/m0/s1. The van der Waals surface area contributed by atoms with Crippen LogP contribution < -0.4 is 10.6 Å². The number of hydrogen-bond donors (Lipinski definition) is 3. The van der Waals surface area contributed by atoms with Crippen molar-refractivity contribution >= 4 is 23.1 Å². The van der Waals surface area contributed by atoms with Crippen LogP contribution in [0.4, 0.5) is 11.5 Å². The molecule has 4 heterocycles. The molecule has 0 aliphatic heterocycles. The number of nitrogens with zero attached hydrogens (tertiary/aromatic N) is 6. The Hall–Kier alpha value is -4.57. The minimum Gasteiger partial charge on any atom is -0.394 e. The van der Waals surface area contributed by atoms with Crippen molar-refractivity contribution < 1.29 is 9.90 Å². The van der Waals surface area contributed by atoms with Crippen molar-refractivity contribution in [1.29, 1.82) is 0 Å². The zero-order chi connectivity index (χ0) is 25.8. The summed E-state index contributed by atoms with van der Waals surface area (Å²) in [7, 11) is 0. The van der Waals surface area contributed by atoms with E-state index >= 15 is 0 Å². The Morgan fingerprint density at radius 1 is 1.03 bits per heavy atom. The molecule has 3 N–H and O–H groups in total. The number of carbonyl (C=O) groups is 1. The second-order valence-electron chi connectivity index (χ2n) is 9.11.